The summed E-state index contributed by atoms with van der Waals surface area (Å²) in [5, 5.41) is 17.4. The molecule has 0 aromatic rings. The molecule has 2 atom stereocenters. The zero-order chi connectivity index (χ0) is 13.0. The van der Waals surface area contributed by atoms with E-state index < -0.39 is 23.0 Å². The molecule has 94 valence electrons. The third-order valence-corrected chi connectivity index (χ3v) is 4.59. The molecule has 0 saturated heterocycles. The van der Waals surface area contributed by atoms with Gasteiger partial charge >= 0.3 is 11.9 Å². The minimum Gasteiger partial charge on any atom is -0.480 e. The van der Waals surface area contributed by atoms with Crippen molar-refractivity contribution in [2.24, 2.45) is 11.5 Å². The van der Waals surface area contributed by atoms with E-state index in [0.717, 1.165) is 0 Å². The second kappa shape index (κ2) is 5.76. The molecule has 0 aliphatic carbocycles. The lowest BCUT2D eigenvalue weighted by atomic mass is 10.1. The van der Waals surface area contributed by atoms with Crippen molar-refractivity contribution in [3.05, 3.63) is 0 Å². The van der Waals surface area contributed by atoms with Gasteiger partial charge in [-0.2, -0.15) is 0 Å². The molecule has 8 heteroatoms. The first-order valence-electron chi connectivity index (χ1n) is 4.38. The molecule has 0 heterocycles. The van der Waals surface area contributed by atoms with Crippen LogP contribution in [0.5, 0.6) is 0 Å². The standard InChI is InChI=1S/C8H16N2O4S2/c1-7(9,5(11)12)3-15-16-4-8(2,10)6(13)14/h3-4,9-10H2,1-2H3,(H,11,12)(H,13,14)/t7-,8-/m1/s1. The minimum absolute atomic E-state index is 0.183. The molecule has 0 aromatic heterocycles. The third-order valence-electron chi connectivity index (χ3n) is 1.78. The van der Waals surface area contributed by atoms with Gasteiger partial charge in [-0.15, -0.1) is 0 Å². The normalized spacial score (nSPS) is 18.5. The largest absolute Gasteiger partial charge is 0.480 e. The molecule has 0 fully saturated rings. The van der Waals surface area contributed by atoms with Crippen molar-refractivity contribution in [3.63, 3.8) is 0 Å². The van der Waals surface area contributed by atoms with Gasteiger partial charge in [-0.05, 0) is 13.8 Å². The number of nitrogens with two attached hydrogens (primary N) is 2. The lowest BCUT2D eigenvalue weighted by molar-refractivity contribution is -0.142. The molecule has 16 heavy (non-hydrogen) atoms. The predicted molar refractivity (Wildman–Crippen MR) is 65.4 cm³/mol. The van der Waals surface area contributed by atoms with Gasteiger partial charge in [0, 0.05) is 11.5 Å². The minimum atomic E-state index is -1.31. The molecule has 0 radical (unpaired) electrons. The van der Waals surface area contributed by atoms with Crippen molar-refractivity contribution >= 4 is 33.5 Å². The molecule has 0 rings (SSSR count). The molecule has 0 aromatic carbocycles. The average molecular weight is 268 g/mol. The number of hydrogen-bond acceptors (Lipinski definition) is 6. The van der Waals surface area contributed by atoms with E-state index in [9.17, 15) is 9.59 Å². The fraction of sp³-hybridized carbons (Fsp3) is 0.750. The number of carbonyl (C=O) groups is 2. The van der Waals surface area contributed by atoms with Crippen LogP contribution in [0.25, 0.3) is 0 Å². The highest BCUT2D eigenvalue weighted by atomic mass is 33.1. The molecule has 0 bridgehead atoms. The van der Waals surface area contributed by atoms with Crippen LogP contribution in [0.1, 0.15) is 13.8 Å². The van der Waals surface area contributed by atoms with E-state index in [0.29, 0.717) is 0 Å². The first-order valence-corrected chi connectivity index (χ1v) is 6.87. The van der Waals surface area contributed by atoms with Gasteiger partial charge in [-0.1, -0.05) is 21.6 Å². The Bertz CT molecular complexity index is 253. The molecule has 0 saturated carbocycles. The summed E-state index contributed by atoms with van der Waals surface area (Å²) in [6.07, 6.45) is 0. The van der Waals surface area contributed by atoms with E-state index in [1.54, 1.807) is 0 Å². The topological polar surface area (TPSA) is 127 Å². The molecule has 0 unspecified atom stereocenters. The van der Waals surface area contributed by atoms with Crippen LogP contribution in [0.2, 0.25) is 0 Å². The van der Waals surface area contributed by atoms with Crippen LogP contribution in [0.3, 0.4) is 0 Å². The summed E-state index contributed by atoms with van der Waals surface area (Å²) in [6.45, 7) is 2.81. The summed E-state index contributed by atoms with van der Waals surface area (Å²) in [6, 6.07) is 0. The molecular weight excluding hydrogens is 252 g/mol. The fourth-order valence-electron chi connectivity index (χ4n) is 0.452. The summed E-state index contributed by atoms with van der Waals surface area (Å²) in [5.41, 5.74) is 8.35. The molecule has 6 N–H and O–H groups in total. The first-order chi connectivity index (χ1) is 7.09. The summed E-state index contributed by atoms with van der Waals surface area (Å²) >= 11 is 0. The Morgan fingerprint density at radius 3 is 1.44 bits per heavy atom. The Labute approximate surface area is 102 Å². The van der Waals surface area contributed by atoms with Crippen molar-refractivity contribution in [1.82, 2.24) is 0 Å². The van der Waals surface area contributed by atoms with Crippen molar-refractivity contribution in [1.29, 1.82) is 0 Å². The summed E-state index contributed by atoms with van der Waals surface area (Å²) in [7, 11) is 2.40. The van der Waals surface area contributed by atoms with E-state index in [2.05, 4.69) is 0 Å². The third kappa shape index (κ3) is 5.06. The molecule has 0 spiro atoms. The van der Waals surface area contributed by atoms with Gasteiger partial charge in [0.2, 0.25) is 0 Å². The van der Waals surface area contributed by atoms with Crippen LogP contribution in [-0.4, -0.2) is 44.7 Å². The lowest BCUT2D eigenvalue weighted by Gasteiger charge is -2.20. The summed E-state index contributed by atoms with van der Waals surface area (Å²) < 4.78 is 0. The monoisotopic (exact) mass is 268 g/mol. The van der Waals surface area contributed by atoms with Crippen molar-refractivity contribution in [2.75, 3.05) is 11.5 Å². The Kier molecular flexibility index (Phi) is 5.60. The van der Waals surface area contributed by atoms with Gasteiger partial charge in [0.15, 0.2) is 0 Å². The van der Waals surface area contributed by atoms with E-state index in [-0.39, 0.29) is 11.5 Å². The zero-order valence-corrected chi connectivity index (χ0v) is 10.7. The van der Waals surface area contributed by atoms with Crippen molar-refractivity contribution in [3.8, 4) is 0 Å². The maximum atomic E-state index is 10.7. The van der Waals surface area contributed by atoms with E-state index in [1.807, 2.05) is 0 Å². The Morgan fingerprint density at radius 2 is 1.25 bits per heavy atom. The second-order valence-electron chi connectivity index (χ2n) is 3.97. The van der Waals surface area contributed by atoms with Crippen LogP contribution in [0.4, 0.5) is 0 Å². The van der Waals surface area contributed by atoms with Gasteiger partial charge < -0.3 is 21.7 Å². The van der Waals surface area contributed by atoms with E-state index in [4.69, 9.17) is 21.7 Å². The van der Waals surface area contributed by atoms with E-state index in [1.165, 1.54) is 35.4 Å². The number of aliphatic carboxylic acids is 2. The molecule has 6 nitrogen and oxygen atoms in total. The molecule has 0 aliphatic heterocycles. The fourth-order valence-corrected chi connectivity index (χ4v) is 3.32. The molecular formula is C8H16N2O4S2. The summed E-state index contributed by atoms with van der Waals surface area (Å²) in [5.74, 6) is -1.81. The Morgan fingerprint density at radius 1 is 1.00 bits per heavy atom. The van der Waals surface area contributed by atoms with Crippen LogP contribution in [0, 0.1) is 0 Å². The van der Waals surface area contributed by atoms with Crippen LogP contribution in [0.15, 0.2) is 0 Å². The van der Waals surface area contributed by atoms with Gasteiger partial charge in [0.1, 0.15) is 11.1 Å². The summed E-state index contributed by atoms with van der Waals surface area (Å²) in [4.78, 5) is 21.3. The van der Waals surface area contributed by atoms with Gasteiger partial charge in [-0.3, -0.25) is 9.59 Å². The molecule has 0 aliphatic rings. The SMILES string of the molecule is C[C@@](N)(CSSC[C@@](C)(N)C(=O)O)C(=O)O. The number of hydrogen-bond donors (Lipinski definition) is 4. The highest BCUT2D eigenvalue weighted by Crippen LogP contribution is 2.27. The van der Waals surface area contributed by atoms with Crippen molar-refractivity contribution in [2.45, 2.75) is 24.9 Å². The van der Waals surface area contributed by atoms with Gasteiger partial charge in [0.05, 0.1) is 0 Å². The first kappa shape index (κ1) is 15.6. The average Bonchev–Trinajstić information content (AvgIpc) is 2.12. The number of carboxylic acid groups (broad SMARTS) is 2. The highest BCUT2D eigenvalue weighted by molar-refractivity contribution is 8.76. The number of carboxylic acids is 2. The smallest absolute Gasteiger partial charge is 0.324 e. The van der Waals surface area contributed by atoms with Crippen LogP contribution >= 0.6 is 21.6 Å². The van der Waals surface area contributed by atoms with Crippen molar-refractivity contribution < 1.29 is 19.8 Å². The van der Waals surface area contributed by atoms with Crippen LogP contribution in [-0.2, 0) is 9.59 Å². The Hall–Kier alpha value is -0.440. The maximum Gasteiger partial charge on any atom is 0.324 e. The second-order valence-corrected chi connectivity index (χ2v) is 6.43. The zero-order valence-electron chi connectivity index (χ0n) is 9.10. The van der Waals surface area contributed by atoms with E-state index >= 15 is 0 Å². The van der Waals surface area contributed by atoms with Crippen LogP contribution < -0.4 is 11.5 Å². The van der Waals surface area contributed by atoms with Gasteiger partial charge in [0.25, 0.3) is 0 Å². The lowest BCUT2D eigenvalue weighted by Crippen LogP contribution is -2.48. The predicted octanol–water partition coefficient (Wildman–Crippen LogP) is -0.0282. The van der Waals surface area contributed by atoms with Gasteiger partial charge in [-0.25, -0.2) is 0 Å². The maximum absolute atomic E-state index is 10.7. The Balaban J connectivity index is 3.94. The quantitative estimate of drug-likeness (QED) is 0.374. The highest BCUT2D eigenvalue weighted by Gasteiger charge is 2.30. The molecule has 0 amide bonds. The number of rotatable bonds is 7.